The molecule has 0 saturated heterocycles. The SMILES string of the molecule is COC(=O)CC1CNc2ccc(Br)cc21. The monoisotopic (exact) mass is 269 g/mol. The number of methoxy groups -OCH3 is 1. The minimum atomic E-state index is -0.158. The smallest absolute Gasteiger partial charge is 0.306 e. The quantitative estimate of drug-likeness (QED) is 0.839. The van der Waals surface area contributed by atoms with Crippen molar-refractivity contribution in [2.75, 3.05) is 19.0 Å². The molecule has 3 nitrogen and oxygen atoms in total. The van der Waals surface area contributed by atoms with E-state index in [2.05, 4.69) is 32.0 Å². The Bertz CT molecular complexity index is 392. The van der Waals surface area contributed by atoms with E-state index in [1.54, 1.807) is 0 Å². The summed E-state index contributed by atoms with van der Waals surface area (Å²) in [4.78, 5) is 11.2. The van der Waals surface area contributed by atoms with Gasteiger partial charge >= 0.3 is 5.97 Å². The maximum absolute atomic E-state index is 11.2. The minimum absolute atomic E-state index is 0.158. The first-order chi connectivity index (χ1) is 7.20. The number of anilines is 1. The van der Waals surface area contributed by atoms with Crippen LogP contribution in [0.2, 0.25) is 0 Å². The van der Waals surface area contributed by atoms with Crippen molar-refractivity contribution in [3.05, 3.63) is 28.2 Å². The van der Waals surface area contributed by atoms with Crippen molar-refractivity contribution in [1.82, 2.24) is 0 Å². The van der Waals surface area contributed by atoms with Gasteiger partial charge in [-0.2, -0.15) is 0 Å². The molecule has 80 valence electrons. The fraction of sp³-hybridized carbons (Fsp3) is 0.364. The third kappa shape index (κ3) is 2.15. The van der Waals surface area contributed by atoms with Crippen LogP contribution in [0.1, 0.15) is 17.9 Å². The molecule has 0 spiro atoms. The maximum atomic E-state index is 11.2. The Balaban J connectivity index is 2.20. The van der Waals surface area contributed by atoms with Crippen molar-refractivity contribution >= 4 is 27.6 Å². The largest absolute Gasteiger partial charge is 0.469 e. The maximum Gasteiger partial charge on any atom is 0.306 e. The molecule has 1 aromatic carbocycles. The average molecular weight is 270 g/mol. The molecule has 1 unspecified atom stereocenters. The Kier molecular flexibility index (Phi) is 2.95. The van der Waals surface area contributed by atoms with Gasteiger partial charge in [0.1, 0.15) is 0 Å². The van der Waals surface area contributed by atoms with E-state index in [9.17, 15) is 4.79 Å². The number of halogens is 1. The Morgan fingerprint density at radius 1 is 1.67 bits per heavy atom. The number of hydrogen-bond acceptors (Lipinski definition) is 3. The number of ether oxygens (including phenoxy) is 1. The Morgan fingerprint density at radius 3 is 3.20 bits per heavy atom. The fourth-order valence-corrected chi connectivity index (χ4v) is 2.22. The zero-order valence-electron chi connectivity index (χ0n) is 8.42. The van der Waals surface area contributed by atoms with E-state index in [-0.39, 0.29) is 11.9 Å². The summed E-state index contributed by atoms with van der Waals surface area (Å²) in [6.07, 6.45) is 0.437. The topological polar surface area (TPSA) is 38.3 Å². The molecule has 0 radical (unpaired) electrons. The molecule has 15 heavy (non-hydrogen) atoms. The number of benzene rings is 1. The number of nitrogens with one attached hydrogen (secondary N) is 1. The van der Waals surface area contributed by atoms with Gasteiger partial charge in [-0.05, 0) is 23.8 Å². The molecule has 1 heterocycles. The van der Waals surface area contributed by atoms with Crippen LogP contribution >= 0.6 is 15.9 Å². The fourth-order valence-electron chi connectivity index (χ4n) is 1.84. The molecule has 1 aliphatic rings. The van der Waals surface area contributed by atoms with Gasteiger partial charge in [-0.3, -0.25) is 4.79 Å². The number of carbonyl (C=O) groups is 1. The Labute approximate surface area is 96.9 Å². The lowest BCUT2D eigenvalue weighted by atomic mass is 9.98. The standard InChI is InChI=1S/C11H12BrNO2/c1-15-11(14)4-7-6-13-10-3-2-8(12)5-9(7)10/h2-3,5,7,13H,4,6H2,1H3. The Hall–Kier alpha value is -1.03. The summed E-state index contributed by atoms with van der Waals surface area (Å²) in [6.45, 7) is 0.806. The van der Waals surface area contributed by atoms with Gasteiger partial charge in [0, 0.05) is 22.6 Å². The Morgan fingerprint density at radius 2 is 2.47 bits per heavy atom. The van der Waals surface area contributed by atoms with E-state index in [1.807, 2.05) is 12.1 Å². The molecule has 1 atom stereocenters. The van der Waals surface area contributed by atoms with E-state index in [4.69, 9.17) is 0 Å². The van der Waals surface area contributed by atoms with E-state index in [0.717, 1.165) is 16.7 Å². The van der Waals surface area contributed by atoms with Crippen LogP contribution in [0.25, 0.3) is 0 Å². The first kappa shape index (κ1) is 10.5. The third-order valence-corrected chi connectivity index (χ3v) is 3.13. The molecular formula is C11H12BrNO2. The summed E-state index contributed by atoms with van der Waals surface area (Å²) in [7, 11) is 1.42. The van der Waals surface area contributed by atoms with E-state index >= 15 is 0 Å². The molecule has 4 heteroatoms. The molecule has 0 fully saturated rings. The molecule has 0 aromatic heterocycles. The molecular weight excluding hydrogens is 258 g/mol. The number of rotatable bonds is 2. The molecule has 0 saturated carbocycles. The molecule has 1 N–H and O–H groups in total. The second kappa shape index (κ2) is 4.23. The second-order valence-corrected chi connectivity index (χ2v) is 4.51. The number of esters is 1. The van der Waals surface area contributed by atoms with Crippen LogP contribution in [0.15, 0.2) is 22.7 Å². The second-order valence-electron chi connectivity index (χ2n) is 3.59. The van der Waals surface area contributed by atoms with Crippen molar-refractivity contribution in [3.63, 3.8) is 0 Å². The van der Waals surface area contributed by atoms with Crippen molar-refractivity contribution in [1.29, 1.82) is 0 Å². The predicted octanol–water partition coefficient (Wildman–Crippen LogP) is 2.52. The zero-order valence-corrected chi connectivity index (χ0v) is 10.0. The lowest BCUT2D eigenvalue weighted by molar-refractivity contribution is -0.140. The third-order valence-electron chi connectivity index (χ3n) is 2.63. The number of fused-ring (bicyclic) bond motifs is 1. The van der Waals surface area contributed by atoms with Crippen LogP contribution in [-0.4, -0.2) is 19.6 Å². The highest BCUT2D eigenvalue weighted by Crippen LogP contribution is 2.35. The van der Waals surface area contributed by atoms with Gasteiger partial charge in [-0.15, -0.1) is 0 Å². The normalized spacial score (nSPS) is 18.1. The summed E-state index contributed by atoms with van der Waals surface area (Å²) >= 11 is 3.43. The van der Waals surface area contributed by atoms with Crippen LogP contribution in [0.4, 0.5) is 5.69 Å². The predicted molar refractivity (Wildman–Crippen MR) is 62.0 cm³/mol. The van der Waals surface area contributed by atoms with Crippen LogP contribution in [0.5, 0.6) is 0 Å². The van der Waals surface area contributed by atoms with Gasteiger partial charge in [0.25, 0.3) is 0 Å². The van der Waals surface area contributed by atoms with Gasteiger partial charge in [0.2, 0.25) is 0 Å². The van der Waals surface area contributed by atoms with Crippen LogP contribution in [-0.2, 0) is 9.53 Å². The zero-order chi connectivity index (χ0) is 10.8. The van der Waals surface area contributed by atoms with E-state index in [0.29, 0.717) is 6.42 Å². The van der Waals surface area contributed by atoms with Crippen molar-refractivity contribution in [2.24, 2.45) is 0 Å². The summed E-state index contributed by atoms with van der Waals surface area (Å²) in [5, 5.41) is 3.28. The average Bonchev–Trinajstić information content (AvgIpc) is 2.61. The molecule has 0 aliphatic carbocycles. The van der Waals surface area contributed by atoms with E-state index in [1.165, 1.54) is 12.7 Å². The van der Waals surface area contributed by atoms with Gasteiger partial charge in [0.05, 0.1) is 13.5 Å². The number of carbonyl (C=O) groups excluding carboxylic acids is 1. The van der Waals surface area contributed by atoms with Crippen LogP contribution in [0.3, 0.4) is 0 Å². The van der Waals surface area contributed by atoms with Gasteiger partial charge in [0.15, 0.2) is 0 Å². The summed E-state index contributed by atoms with van der Waals surface area (Å²) in [5.74, 6) is 0.0691. The first-order valence-corrected chi connectivity index (χ1v) is 5.60. The lowest BCUT2D eigenvalue weighted by Crippen LogP contribution is -2.10. The van der Waals surface area contributed by atoms with E-state index < -0.39 is 0 Å². The summed E-state index contributed by atoms with van der Waals surface area (Å²) < 4.78 is 5.72. The first-order valence-electron chi connectivity index (χ1n) is 4.81. The summed E-state index contributed by atoms with van der Waals surface area (Å²) in [6, 6.07) is 6.08. The highest BCUT2D eigenvalue weighted by atomic mass is 79.9. The van der Waals surface area contributed by atoms with Gasteiger partial charge in [-0.25, -0.2) is 0 Å². The van der Waals surface area contributed by atoms with Crippen LogP contribution in [0, 0.1) is 0 Å². The highest BCUT2D eigenvalue weighted by Gasteiger charge is 2.24. The lowest BCUT2D eigenvalue weighted by Gasteiger charge is -2.08. The van der Waals surface area contributed by atoms with Crippen molar-refractivity contribution in [3.8, 4) is 0 Å². The molecule has 0 amide bonds. The number of hydrogen-bond donors (Lipinski definition) is 1. The molecule has 0 bridgehead atoms. The summed E-state index contributed by atoms with van der Waals surface area (Å²) in [5.41, 5.74) is 2.31. The molecule has 1 aliphatic heterocycles. The molecule has 2 rings (SSSR count). The van der Waals surface area contributed by atoms with Crippen molar-refractivity contribution in [2.45, 2.75) is 12.3 Å². The van der Waals surface area contributed by atoms with Crippen LogP contribution < -0.4 is 5.32 Å². The van der Waals surface area contributed by atoms with Gasteiger partial charge < -0.3 is 10.1 Å². The molecule has 1 aromatic rings. The minimum Gasteiger partial charge on any atom is -0.469 e. The van der Waals surface area contributed by atoms with Gasteiger partial charge in [-0.1, -0.05) is 15.9 Å². The van der Waals surface area contributed by atoms with Crippen molar-refractivity contribution < 1.29 is 9.53 Å². The highest BCUT2D eigenvalue weighted by molar-refractivity contribution is 9.10.